The van der Waals surface area contributed by atoms with Gasteiger partial charge in [0.15, 0.2) is 0 Å². The van der Waals surface area contributed by atoms with Gasteiger partial charge >= 0.3 is 0 Å². The molecule has 2 aromatic heterocycles. The number of hydrogen-bond acceptors (Lipinski definition) is 4. The predicted molar refractivity (Wildman–Crippen MR) is 90.6 cm³/mol. The lowest BCUT2D eigenvalue weighted by molar-refractivity contribution is 0.659. The Hall–Kier alpha value is -3.08. The molecule has 5 nitrogen and oxygen atoms in total. The van der Waals surface area contributed by atoms with Gasteiger partial charge in [0, 0.05) is 11.1 Å². The number of aryl methyl sites for hydroxylation is 1. The monoisotopic (exact) mass is 305 g/mol. The number of aromatic nitrogens is 2. The van der Waals surface area contributed by atoms with E-state index in [9.17, 15) is 4.79 Å². The molecule has 0 fully saturated rings. The van der Waals surface area contributed by atoms with Gasteiger partial charge in [-0.15, -0.1) is 0 Å². The van der Waals surface area contributed by atoms with Crippen molar-refractivity contribution < 1.29 is 4.42 Å². The summed E-state index contributed by atoms with van der Waals surface area (Å²) in [5.74, 6) is 0.578. The summed E-state index contributed by atoms with van der Waals surface area (Å²) in [6.07, 6.45) is 0. The van der Waals surface area contributed by atoms with Gasteiger partial charge in [-0.3, -0.25) is 4.79 Å². The summed E-state index contributed by atoms with van der Waals surface area (Å²) in [5.41, 5.74) is 3.47. The van der Waals surface area contributed by atoms with Crippen molar-refractivity contribution in [2.45, 2.75) is 13.5 Å². The molecule has 0 amide bonds. The molecule has 23 heavy (non-hydrogen) atoms. The lowest BCUT2D eigenvalue weighted by atomic mass is 10.2. The first-order chi connectivity index (χ1) is 11.2. The number of para-hydroxylation sites is 1. The number of H-pyrrole nitrogens is 1. The van der Waals surface area contributed by atoms with Crippen LogP contribution < -0.4 is 10.9 Å². The van der Waals surface area contributed by atoms with E-state index in [1.165, 1.54) is 5.56 Å². The van der Waals surface area contributed by atoms with Crippen LogP contribution in [0.1, 0.15) is 11.4 Å². The van der Waals surface area contributed by atoms with Gasteiger partial charge in [0.1, 0.15) is 16.9 Å². The van der Waals surface area contributed by atoms with Crippen LogP contribution in [0.5, 0.6) is 0 Å². The third-order valence-electron chi connectivity index (χ3n) is 3.79. The molecule has 0 atom stereocenters. The number of aromatic amines is 1. The molecule has 114 valence electrons. The molecule has 2 N–H and O–H groups in total. The second kappa shape index (κ2) is 5.28. The van der Waals surface area contributed by atoms with Gasteiger partial charge in [-0.1, -0.05) is 29.8 Å². The number of nitrogens with one attached hydrogen (secondary N) is 2. The molecular weight excluding hydrogens is 290 g/mol. The molecule has 0 saturated heterocycles. The molecule has 0 spiro atoms. The largest absolute Gasteiger partial charge is 0.449 e. The maximum atomic E-state index is 12.2. The Balaban J connectivity index is 1.71. The number of hydrogen-bond donors (Lipinski definition) is 2. The molecule has 0 saturated carbocycles. The summed E-state index contributed by atoms with van der Waals surface area (Å²) in [4.78, 5) is 19.5. The minimum atomic E-state index is -0.257. The zero-order valence-electron chi connectivity index (χ0n) is 12.6. The van der Waals surface area contributed by atoms with Gasteiger partial charge in [0.05, 0.1) is 6.54 Å². The molecule has 2 aromatic carbocycles. The van der Waals surface area contributed by atoms with Crippen molar-refractivity contribution in [3.63, 3.8) is 0 Å². The normalized spacial score (nSPS) is 11.2. The summed E-state index contributed by atoms with van der Waals surface area (Å²) in [6, 6.07) is 15.6. The van der Waals surface area contributed by atoms with Crippen LogP contribution in [0.15, 0.2) is 57.7 Å². The molecule has 0 aliphatic rings. The van der Waals surface area contributed by atoms with Crippen molar-refractivity contribution in [3.05, 3.63) is 70.3 Å². The smallest absolute Gasteiger partial charge is 0.294 e. The van der Waals surface area contributed by atoms with Crippen molar-refractivity contribution in [2.75, 3.05) is 5.32 Å². The minimum Gasteiger partial charge on any atom is -0.449 e. The number of furan rings is 1. The zero-order valence-corrected chi connectivity index (χ0v) is 12.6. The molecule has 0 bridgehead atoms. The fourth-order valence-electron chi connectivity index (χ4n) is 2.59. The topological polar surface area (TPSA) is 70.9 Å². The number of benzene rings is 2. The van der Waals surface area contributed by atoms with Crippen LogP contribution in [0.3, 0.4) is 0 Å². The molecule has 5 heteroatoms. The zero-order chi connectivity index (χ0) is 15.8. The van der Waals surface area contributed by atoms with Crippen molar-refractivity contribution in [1.82, 2.24) is 9.97 Å². The lowest BCUT2D eigenvalue weighted by Gasteiger charge is -2.06. The molecule has 2 heterocycles. The molecule has 0 unspecified atom stereocenters. The van der Waals surface area contributed by atoms with Gasteiger partial charge < -0.3 is 14.7 Å². The number of anilines is 1. The highest BCUT2D eigenvalue weighted by Gasteiger charge is 2.12. The van der Waals surface area contributed by atoms with Gasteiger partial charge in [-0.25, -0.2) is 4.98 Å². The fraction of sp³-hybridized carbons (Fsp3) is 0.111. The number of nitrogens with zero attached hydrogens (tertiary/aromatic N) is 1. The highest BCUT2D eigenvalue weighted by molar-refractivity contribution is 6.01. The highest BCUT2D eigenvalue weighted by Crippen LogP contribution is 2.24. The summed E-state index contributed by atoms with van der Waals surface area (Å²) in [6.45, 7) is 2.48. The van der Waals surface area contributed by atoms with E-state index < -0.39 is 0 Å². The Bertz CT molecular complexity index is 1050. The van der Waals surface area contributed by atoms with Gasteiger partial charge in [-0.05, 0) is 31.2 Å². The third-order valence-corrected chi connectivity index (χ3v) is 3.79. The molecular formula is C18H15N3O2. The quantitative estimate of drug-likeness (QED) is 0.607. The standard InChI is InChI=1S/C18H15N3O2/c1-11-6-8-12(9-7-11)19-10-15-20-16-13-4-2-3-5-14(13)23-17(16)18(22)21-15/h2-9,19H,10H2,1H3,(H,20,21,22). The Labute approximate surface area is 132 Å². The van der Waals surface area contributed by atoms with E-state index in [4.69, 9.17) is 4.42 Å². The van der Waals surface area contributed by atoms with Crippen molar-refractivity contribution in [1.29, 1.82) is 0 Å². The molecule has 4 aromatic rings. The van der Waals surface area contributed by atoms with Crippen molar-refractivity contribution in [2.24, 2.45) is 0 Å². The van der Waals surface area contributed by atoms with E-state index in [1.54, 1.807) is 0 Å². The average molecular weight is 305 g/mol. The second-order valence-corrected chi connectivity index (χ2v) is 5.51. The molecule has 4 rings (SSSR count). The van der Waals surface area contributed by atoms with Gasteiger partial charge in [-0.2, -0.15) is 0 Å². The Morgan fingerprint density at radius 3 is 2.74 bits per heavy atom. The molecule has 0 aliphatic carbocycles. The lowest BCUT2D eigenvalue weighted by Crippen LogP contribution is -2.13. The Morgan fingerprint density at radius 2 is 1.91 bits per heavy atom. The van der Waals surface area contributed by atoms with Crippen molar-refractivity contribution >= 4 is 27.8 Å². The van der Waals surface area contributed by atoms with Crippen LogP contribution in [0.2, 0.25) is 0 Å². The maximum absolute atomic E-state index is 12.2. The highest BCUT2D eigenvalue weighted by atomic mass is 16.3. The maximum Gasteiger partial charge on any atom is 0.294 e. The molecule has 0 radical (unpaired) electrons. The first kappa shape index (κ1) is 13.6. The van der Waals surface area contributed by atoms with E-state index in [-0.39, 0.29) is 11.1 Å². The SMILES string of the molecule is Cc1ccc(NCc2nc3c(oc4ccccc43)c(=O)[nH]2)cc1. The minimum absolute atomic E-state index is 0.257. The fourth-order valence-corrected chi connectivity index (χ4v) is 2.59. The third kappa shape index (κ3) is 2.46. The summed E-state index contributed by atoms with van der Waals surface area (Å²) in [7, 11) is 0. The first-order valence-corrected chi connectivity index (χ1v) is 7.42. The van der Waals surface area contributed by atoms with Crippen LogP contribution in [0, 0.1) is 6.92 Å². The predicted octanol–water partition coefficient (Wildman–Crippen LogP) is 3.59. The van der Waals surface area contributed by atoms with E-state index in [1.807, 2.05) is 55.5 Å². The summed E-state index contributed by atoms with van der Waals surface area (Å²) >= 11 is 0. The van der Waals surface area contributed by atoms with Crippen LogP contribution in [0.4, 0.5) is 5.69 Å². The van der Waals surface area contributed by atoms with Crippen LogP contribution in [0.25, 0.3) is 22.1 Å². The number of rotatable bonds is 3. The van der Waals surface area contributed by atoms with E-state index in [0.717, 1.165) is 11.1 Å². The number of fused-ring (bicyclic) bond motifs is 3. The van der Waals surface area contributed by atoms with Crippen molar-refractivity contribution in [3.8, 4) is 0 Å². The van der Waals surface area contributed by atoms with Crippen LogP contribution in [-0.2, 0) is 6.54 Å². The Morgan fingerprint density at radius 1 is 1.13 bits per heavy atom. The Kier molecular flexibility index (Phi) is 3.12. The summed E-state index contributed by atoms with van der Waals surface area (Å²) in [5, 5.41) is 4.11. The van der Waals surface area contributed by atoms with E-state index in [2.05, 4.69) is 15.3 Å². The summed E-state index contributed by atoms with van der Waals surface area (Å²) < 4.78 is 5.59. The first-order valence-electron chi connectivity index (χ1n) is 7.42. The van der Waals surface area contributed by atoms with Gasteiger partial charge in [0.25, 0.3) is 5.56 Å². The van der Waals surface area contributed by atoms with Crippen LogP contribution in [-0.4, -0.2) is 9.97 Å². The average Bonchev–Trinajstić information content (AvgIpc) is 2.94. The van der Waals surface area contributed by atoms with Gasteiger partial charge in [0.2, 0.25) is 5.58 Å². The molecule has 0 aliphatic heterocycles. The van der Waals surface area contributed by atoms with E-state index in [0.29, 0.717) is 23.5 Å². The van der Waals surface area contributed by atoms with E-state index >= 15 is 0 Å². The second-order valence-electron chi connectivity index (χ2n) is 5.51. The van der Waals surface area contributed by atoms with Crippen LogP contribution >= 0.6 is 0 Å².